The maximum atomic E-state index is 13.4. The second kappa shape index (κ2) is 7.26. The summed E-state index contributed by atoms with van der Waals surface area (Å²) in [6.07, 6.45) is 1.11. The number of halogens is 3. The summed E-state index contributed by atoms with van der Waals surface area (Å²) in [5, 5.41) is 9.91. The van der Waals surface area contributed by atoms with Crippen LogP contribution in [0.4, 0.5) is 4.39 Å². The summed E-state index contributed by atoms with van der Waals surface area (Å²) < 4.78 is 18.2. The van der Waals surface area contributed by atoms with Crippen molar-refractivity contribution in [1.29, 1.82) is 0 Å². The fraction of sp³-hybridized carbons (Fsp3) is 0.231. The van der Waals surface area contributed by atoms with E-state index in [0.29, 0.717) is 0 Å². The van der Waals surface area contributed by atoms with Crippen LogP contribution in [-0.4, -0.2) is 30.9 Å². The molecular formula is C13H12Cl2FNO3. The predicted octanol–water partition coefficient (Wildman–Crippen LogP) is 3.67. The molecule has 0 heterocycles. The highest BCUT2D eigenvalue weighted by molar-refractivity contribution is 6.36. The number of ether oxygens (including phenoxy) is 1. The van der Waals surface area contributed by atoms with Crippen molar-refractivity contribution in [1.82, 2.24) is 0 Å². The molecule has 1 N–H and O–H groups in total. The Balaban J connectivity index is 3.42. The molecule has 108 valence electrons. The third kappa shape index (κ3) is 3.71. The molecule has 0 radical (unpaired) electrons. The lowest BCUT2D eigenvalue weighted by atomic mass is 10.1. The standard InChI is InChI=1S/C13H12Cl2FNO3/c1-3-20-13(19)8(6-17-2)12(18)7-4-11(16)10(15)5-9(7)14/h4-6,18H,3H2,1-2H3. The molecule has 0 spiro atoms. The first-order chi connectivity index (χ1) is 9.42. The quantitative estimate of drug-likeness (QED) is 0.303. The van der Waals surface area contributed by atoms with Gasteiger partial charge in [-0.15, -0.1) is 0 Å². The normalized spacial score (nSPS) is 12.4. The van der Waals surface area contributed by atoms with E-state index < -0.39 is 17.5 Å². The maximum absolute atomic E-state index is 13.4. The first-order valence-corrected chi connectivity index (χ1v) is 6.35. The van der Waals surface area contributed by atoms with Crippen molar-refractivity contribution < 1.29 is 19.0 Å². The number of esters is 1. The molecule has 0 fully saturated rings. The minimum atomic E-state index is -0.790. The molecule has 1 aromatic carbocycles. The number of nitrogens with zero attached hydrogens (tertiary/aromatic N) is 1. The highest BCUT2D eigenvalue weighted by atomic mass is 35.5. The van der Waals surface area contributed by atoms with Crippen LogP contribution in [0.2, 0.25) is 10.0 Å². The van der Waals surface area contributed by atoms with Gasteiger partial charge in [-0.05, 0) is 19.1 Å². The number of carbonyl (C=O) groups excluding carboxylic acids is 1. The Bertz CT molecular complexity index is 585. The fourth-order valence-corrected chi connectivity index (χ4v) is 1.87. The van der Waals surface area contributed by atoms with Crippen LogP contribution >= 0.6 is 23.2 Å². The summed E-state index contributed by atoms with van der Waals surface area (Å²) >= 11 is 11.4. The average Bonchev–Trinajstić information content (AvgIpc) is 2.39. The van der Waals surface area contributed by atoms with Crippen molar-refractivity contribution in [3.05, 3.63) is 39.1 Å². The van der Waals surface area contributed by atoms with E-state index in [0.717, 1.165) is 18.3 Å². The van der Waals surface area contributed by atoms with Crippen molar-refractivity contribution >= 4 is 41.1 Å². The number of carbonyl (C=O) groups is 1. The second-order valence-electron chi connectivity index (χ2n) is 3.62. The predicted molar refractivity (Wildman–Crippen MR) is 77.0 cm³/mol. The van der Waals surface area contributed by atoms with Gasteiger partial charge in [0.2, 0.25) is 0 Å². The Morgan fingerprint density at radius 1 is 1.45 bits per heavy atom. The van der Waals surface area contributed by atoms with Crippen LogP contribution in [0.25, 0.3) is 5.76 Å². The van der Waals surface area contributed by atoms with Crippen molar-refractivity contribution in [2.24, 2.45) is 4.99 Å². The van der Waals surface area contributed by atoms with Crippen LogP contribution < -0.4 is 0 Å². The zero-order valence-electron chi connectivity index (χ0n) is 10.8. The van der Waals surface area contributed by atoms with Crippen LogP contribution in [0.3, 0.4) is 0 Å². The lowest BCUT2D eigenvalue weighted by Gasteiger charge is -2.09. The van der Waals surface area contributed by atoms with Gasteiger partial charge in [0.25, 0.3) is 0 Å². The van der Waals surface area contributed by atoms with Crippen LogP contribution in [0.1, 0.15) is 12.5 Å². The summed E-state index contributed by atoms with van der Waals surface area (Å²) in [4.78, 5) is 15.4. The zero-order chi connectivity index (χ0) is 15.3. The molecule has 20 heavy (non-hydrogen) atoms. The van der Waals surface area contributed by atoms with Gasteiger partial charge in [-0.3, -0.25) is 4.99 Å². The molecule has 0 saturated carbocycles. The molecule has 0 bridgehead atoms. The molecule has 1 rings (SSSR count). The van der Waals surface area contributed by atoms with Gasteiger partial charge in [0, 0.05) is 18.8 Å². The first kappa shape index (κ1) is 16.5. The Kier molecular flexibility index (Phi) is 5.98. The Hall–Kier alpha value is -1.59. The molecule has 0 aliphatic carbocycles. The molecule has 1 aromatic rings. The van der Waals surface area contributed by atoms with Gasteiger partial charge in [0.05, 0.1) is 16.7 Å². The maximum Gasteiger partial charge on any atom is 0.343 e. The van der Waals surface area contributed by atoms with E-state index in [9.17, 15) is 14.3 Å². The van der Waals surface area contributed by atoms with Gasteiger partial charge in [-0.25, -0.2) is 9.18 Å². The van der Waals surface area contributed by atoms with Crippen LogP contribution in [0, 0.1) is 5.82 Å². The first-order valence-electron chi connectivity index (χ1n) is 5.59. The van der Waals surface area contributed by atoms with Gasteiger partial charge >= 0.3 is 5.97 Å². The molecule has 0 amide bonds. The highest BCUT2D eigenvalue weighted by Gasteiger charge is 2.19. The zero-order valence-corrected chi connectivity index (χ0v) is 12.3. The monoisotopic (exact) mass is 319 g/mol. The van der Waals surface area contributed by atoms with E-state index in [2.05, 4.69) is 4.99 Å². The largest absolute Gasteiger partial charge is 0.506 e. The number of hydrogen-bond donors (Lipinski definition) is 1. The van der Waals surface area contributed by atoms with Gasteiger partial charge in [-0.1, -0.05) is 23.2 Å². The number of hydrogen-bond acceptors (Lipinski definition) is 4. The SMILES string of the molecule is CCOC(=O)C(C=NC)=C(O)c1cc(F)c(Cl)cc1Cl. The van der Waals surface area contributed by atoms with Gasteiger partial charge < -0.3 is 9.84 Å². The third-order valence-electron chi connectivity index (χ3n) is 2.27. The van der Waals surface area contributed by atoms with Crippen molar-refractivity contribution in [3.63, 3.8) is 0 Å². The Morgan fingerprint density at radius 3 is 2.65 bits per heavy atom. The van der Waals surface area contributed by atoms with Crippen LogP contribution in [0.15, 0.2) is 22.7 Å². The summed E-state index contributed by atoms with van der Waals surface area (Å²) in [6.45, 7) is 1.74. The molecule has 0 unspecified atom stereocenters. The van der Waals surface area contributed by atoms with Crippen LogP contribution in [-0.2, 0) is 9.53 Å². The smallest absolute Gasteiger partial charge is 0.343 e. The summed E-state index contributed by atoms with van der Waals surface area (Å²) in [6, 6.07) is 2.07. The van der Waals surface area contributed by atoms with Gasteiger partial charge in [0.1, 0.15) is 17.1 Å². The molecule has 0 atom stereocenters. The molecule has 0 aliphatic rings. The van der Waals surface area contributed by atoms with Crippen LogP contribution in [0.5, 0.6) is 0 Å². The second-order valence-corrected chi connectivity index (χ2v) is 4.43. The average molecular weight is 320 g/mol. The minimum absolute atomic E-state index is 0.000187. The summed E-state index contributed by atoms with van der Waals surface area (Å²) in [5.74, 6) is -2.09. The third-order valence-corrected chi connectivity index (χ3v) is 2.88. The molecule has 7 heteroatoms. The van der Waals surface area contributed by atoms with E-state index in [4.69, 9.17) is 27.9 Å². The summed E-state index contributed by atoms with van der Waals surface area (Å²) in [5.41, 5.74) is -0.297. The Labute approximate surface area is 125 Å². The van der Waals surface area contributed by atoms with Gasteiger partial charge in [-0.2, -0.15) is 0 Å². The number of aliphatic hydroxyl groups is 1. The molecule has 0 saturated heterocycles. The summed E-state index contributed by atoms with van der Waals surface area (Å²) in [7, 11) is 1.41. The molecule has 0 aliphatic heterocycles. The molecule has 0 aromatic heterocycles. The van der Waals surface area contributed by atoms with Crippen molar-refractivity contribution in [2.45, 2.75) is 6.92 Å². The van der Waals surface area contributed by atoms with Gasteiger partial charge in [0.15, 0.2) is 0 Å². The lowest BCUT2D eigenvalue weighted by molar-refractivity contribution is -0.137. The topological polar surface area (TPSA) is 58.9 Å². The van der Waals surface area contributed by atoms with E-state index in [-0.39, 0.29) is 27.8 Å². The van der Waals surface area contributed by atoms with E-state index in [1.807, 2.05) is 0 Å². The number of rotatable bonds is 4. The number of aliphatic imine (C=N–C) groups is 1. The molecular weight excluding hydrogens is 308 g/mol. The number of benzene rings is 1. The van der Waals surface area contributed by atoms with E-state index in [1.165, 1.54) is 7.05 Å². The Morgan fingerprint density at radius 2 is 2.10 bits per heavy atom. The highest BCUT2D eigenvalue weighted by Crippen LogP contribution is 2.29. The molecule has 4 nitrogen and oxygen atoms in total. The van der Waals surface area contributed by atoms with Crippen molar-refractivity contribution in [2.75, 3.05) is 13.7 Å². The van der Waals surface area contributed by atoms with E-state index >= 15 is 0 Å². The van der Waals surface area contributed by atoms with E-state index in [1.54, 1.807) is 6.92 Å². The fourth-order valence-electron chi connectivity index (χ4n) is 1.40. The number of aliphatic hydroxyl groups excluding tert-OH is 1. The lowest BCUT2D eigenvalue weighted by Crippen LogP contribution is -2.11. The van der Waals surface area contributed by atoms with Crippen molar-refractivity contribution in [3.8, 4) is 0 Å². The minimum Gasteiger partial charge on any atom is -0.506 e.